The molecule has 1 heterocycles. The number of ether oxygens (including phenoxy) is 1. The summed E-state index contributed by atoms with van der Waals surface area (Å²) in [4.78, 5) is 0. The maximum atomic E-state index is 5.45. The average molecular weight is 183 g/mol. The Morgan fingerprint density at radius 1 is 1.38 bits per heavy atom. The fraction of sp³-hybridized carbons (Fsp3) is 1.00. The second-order valence-corrected chi connectivity index (χ2v) is 4.76. The summed E-state index contributed by atoms with van der Waals surface area (Å²) in [7, 11) is 0. The zero-order valence-electron chi connectivity index (χ0n) is 8.59. The van der Waals surface area contributed by atoms with E-state index in [0.29, 0.717) is 0 Å². The lowest BCUT2D eigenvalue weighted by Crippen LogP contribution is -2.43. The summed E-state index contributed by atoms with van der Waals surface area (Å²) in [6, 6.07) is 0.817. The Bertz CT molecular complexity index is 148. The highest BCUT2D eigenvalue weighted by atomic mass is 16.5. The minimum Gasteiger partial charge on any atom is -0.381 e. The van der Waals surface area contributed by atoms with E-state index in [1.807, 2.05) is 0 Å². The highest BCUT2D eigenvalue weighted by Crippen LogP contribution is 2.26. The maximum Gasteiger partial charge on any atom is 0.0506 e. The van der Waals surface area contributed by atoms with Crippen molar-refractivity contribution >= 4 is 0 Å². The van der Waals surface area contributed by atoms with Crippen LogP contribution in [0.5, 0.6) is 0 Å². The summed E-state index contributed by atoms with van der Waals surface area (Å²) in [6.07, 6.45) is 5.38. The third-order valence-corrected chi connectivity index (χ3v) is 3.32. The van der Waals surface area contributed by atoms with Crippen molar-refractivity contribution in [3.63, 3.8) is 0 Å². The third kappa shape index (κ3) is 2.68. The Labute approximate surface area is 81.0 Å². The van der Waals surface area contributed by atoms with Gasteiger partial charge in [-0.3, -0.25) is 0 Å². The van der Waals surface area contributed by atoms with E-state index in [2.05, 4.69) is 12.2 Å². The van der Waals surface area contributed by atoms with E-state index in [1.165, 1.54) is 32.2 Å². The van der Waals surface area contributed by atoms with Crippen LogP contribution in [0.15, 0.2) is 0 Å². The van der Waals surface area contributed by atoms with Crippen LogP contribution < -0.4 is 5.32 Å². The molecule has 0 aromatic carbocycles. The summed E-state index contributed by atoms with van der Waals surface area (Å²) in [6.45, 7) is 5.48. The van der Waals surface area contributed by atoms with Gasteiger partial charge in [0.1, 0.15) is 0 Å². The van der Waals surface area contributed by atoms with Gasteiger partial charge in [0.2, 0.25) is 0 Å². The third-order valence-electron chi connectivity index (χ3n) is 3.32. The van der Waals surface area contributed by atoms with Crippen molar-refractivity contribution in [2.75, 3.05) is 19.8 Å². The van der Waals surface area contributed by atoms with Crippen LogP contribution in [0.3, 0.4) is 0 Å². The van der Waals surface area contributed by atoms with Crippen molar-refractivity contribution in [1.29, 1.82) is 0 Å². The van der Waals surface area contributed by atoms with Crippen LogP contribution in [0.4, 0.5) is 0 Å². The Morgan fingerprint density at radius 3 is 2.85 bits per heavy atom. The van der Waals surface area contributed by atoms with Gasteiger partial charge in [0.25, 0.3) is 0 Å². The molecule has 13 heavy (non-hydrogen) atoms. The molecule has 0 spiro atoms. The summed E-state index contributed by atoms with van der Waals surface area (Å²) in [5.41, 5.74) is 0. The molecule has 2 nitrogen and oxygen atoms in total. The normalized spacial score (nSPS) is 39.9. The summed E-state index contributed by atoms with van der Waals surface area (Å²) in [5.74, 6) is 1.74. The molecule has 1 aliphatic heterocycles. The van der Waals surface area contributed by atoms with Crippen molar-refractivity contribution < 1.29 is 4.74 Å². The first-order valence-corrected chi connectivity index (χ1v) is 5.65. The van der Waals surface area contributed by atoms with Crippen molar-refractivity contribution in [2.45, 2.75) is 38.6 Å². The van der Waals surface area contributed by atoms with Crippen molar-refractivity contribution in [3.8, 4) is 0 Å². The lowest BCUT2D eigenvalue weighted by molar-refractivity contribution is 0.0514. The van der Waals surface area contributed by atoms with Gasteiger partial charge >= 0.3 is 0 Å². The quantitative estimate of drug-likeness (QED) is 0.720. The van der Waals surface area contributed by atoms with Crippen LogP contribution in [0, 0.1) is 11.8 Å². The van der Waals surface area contributed by atoms with Crippen LogP contribution in [0.1, 0.15) is 32.6 Å². The number of nitrogens with one attached hydrogen (secondary N) is 1. The summed E-state index contributed by atoms with van der Waals surface area (Å²) < 4.78 is 5.45. The molecule has 0 aromatic heterocycles. The zero-order valence-corrected chi connectivity index (χ0v) is 8.59. The molecule has 1 saturated heterocycles. The van der Waals surface area contributed by atoms with Crippen molar-refractivity contribution in [1.82, 2.24) is 5.32 Å². The highest BCUT2D eigenvalue weighted by molar-refractivity contribution is 4.83. The Hall–Kier alpha value is -0.0800. The molecule has 2 fully saturated rings. The highest BCUT2D eigenvalue weighted by Gasteiger charge is 2.25. The SMILES string of the molecule is CC1CC(NCC2CCCOC2)C1. The second kappa shape index (κ2) is 4.43. The fourth-order valence-corrected chi connectivity index (χ4v) is 2.37. The predicted molar refractivity (Wildman–Crippen MR) is 53.7 cm³/mol. The molecular weight excluding hydrogens is 162 g/mol. The van der Waals surface area contributed by atoms with Gasteiger partial charge in [-0.05, 0) is 37.5 Å². The molecule has 1 aliphatic carbocycles. The van der Waals surface area contributed by atoms with Crippen LogP contribution in [0.2, 0.25) is 0 Å². The molecule has 1 N–H and O–H groups in total. The molecule has 0 radical (unpaired) electrons. The van der Waals surface area contributed by atoms with Crippen LogP contribution >= 0.6 is 0 Å². The Kier molecular flexibility index (Phi) is 3.23. The molecule has 0 amide bonds. The van der Waals surface area contributed by atoms with Gasteiger partial charge in [0.15, 0.2) is 0 Å². The number of hydrogen-bond acceptors (Lipinski definition) is 2. The predicted octanol–water partition coefficient (Wildman–Crippen LogP) is 1.80. The standard InChI is InChI=1S/C11H21NO/c1-9-5-11(6-9)12-7-10-3-2-4-13-8-10/h9-12H,2-8H2,1H3. The average Bonchev–Trinajstić information content (AvgIpc) is 2.12. The summed E-state index contributed by atoms with van der Waals surface area (Å²) >= 11 is 0. The first-order valence-electron chi connectivity index (χ1n) is 5.65. The minimum atomic E-state index is 0.782. The first-order chi connectivity index (χ1) is 6.34. The van der Waals surface area contributed by atoms with E-state index in [4.69, 9.17) is 4.74 Å². The van der Waals surface area contributed by atoms with E-state index >= 15 is 0 Å². The molecular formula is C11H21NO. The molecule has 2 rings (SSSR count). The Balaban J connectivity index is 1.56. The van der Waals surface area contributed by atoms with Gasteiger partial charge in [-0.15, -0.1) is 0 Å². The molecule has 0 aromatic rings. The molecule has 76 valence electrons. The number of hydrogen-bond donors (Lipinski definition) is 1. The van der Waals surface area contributed by atoms with Crippen LogP contribution in [-0.2, 0) is 4.74 Å². The van der Waals surface area contributed by atoms with Crippen LogP contribution in [0.25, 0.3) is 0 Å². The zero-order chi connectivity index (χ0) is 9.10. The molecule has 2 aliphatic rings. The monoisotopic (exact) mass is 183 g/mol. The van der Waals surface area contributed by atoms with Gasteiger partial charge in [-0.1, -0.05) is 6.92 Å². The molecule has 1 unspecified atom stereocenters. The maximum absolute atomic E-state index is 5.45. The van der Waals surface area contributed by atoms with Crippen molar-refractivity contribution in [3.05, 3.63) is 0 Å². The van der Waals surface area contributed by atoms with Crippen molar-refractivity contribution in [2.24, 2.45) is 11.8 Å². The first kappa shape index (κ1) is 9.47. The van der Waals surface area contributed by atoms with E-state index < -0.39 is 0 Å². The summed E-state index contributed by atoms with van der Waals surface area (Å²) in [5, 5.41) is 3.64. The number of rotatable bonds is 3. The van der Waals surface area contributed by atoms with E-state index in [0.717, 1.165) is 31.1 Å². The van der Waals surface area contributed by atoms with E-state index in [9.17, 15) is 0 Å². The lowest BCUT2D eigenvalue weighted by atomic mass is 9.81. The minimum absolute atomic E-state index is 0.782. The smallest absolute Gasteiger partial charge is 0.0506 e. The van der Waals surface area contributed by atoms with Gasteiger partial charge in [-0.25, -0.2) is 0 Å². The van der Waals surface area contributed by atoms with Gasteiger partial charge in [0, 0.05) is 19.2 Å². The Morgan fingerprint density at radius 2 is 2.23 bits per heavy atom. The molecule has 2 heteroatoms. The van der Waals surface area contributed by atoms with Gasteiger partial charge in [-0.2, -0.15) is 0 Å². The van der Waals surface area contributed by atoms with Crippen LogP contribution in [-0.4, -0.2) is 25.8 Å². The van der Waals surface area contributed by atoms with Gasteiger partial charge < -0.3 is 10.1 Å². The van der Waals surface area contributed by atoms with E-state index in [1.54, 1.807) is 0 Å². The topological polar surface area (TPSA) is 21.3 Å². The van der Waals surface area contributed by atoms with E-state index in [-0.39, 0.29) is 0 Å². The lowest BCUT2D eigenvalue weighted by Gasteiger charge is -2.35. The fourth-order valence-electron chi connectivity index (χ4n) is 2.37. The largest absolute Gasteiger partial charge is 0.381 e. The molecule has 1 atom stereocenters. The van der Waals surface area contributed by atoms with Gasteiger partial charge in [0.05, 0.1) is 6.61 Å². The second-order valence-electron chi connectivity index (χ2n) is 4.76. The molecule has 1 saturated carbocycles. The molecule has 0 bridgehead atoms.